The number of anilines is 2. The summed E-state index contributed by atoms with van der Waals surface area (Å²) in [6, 6.07) is 18.9. The molecular weight excluding hydrogens is 440 g/mol. The molecule has 35 heavy (non-hydrogen) atoms. The molecule has 0 unspecified atom stereocenters. The van der Waals surface area contributed by atoms with Crippen LogP contribution >= 0.6 is 0 Å². The molecule has 0 saturated carbocycles. The summed E-state index contributed by atoms with van der Waals surface area (Å²) in [5, 5.41) is 5.99. The molecule has 1 aliphatic heterocycles. The molecule has 2 heterocycles. The monoisotopic (exact) mass is 472 g/mol. The number of benzene rings is 2. The van der Waals surface area contributed by atoms with Crippen LogP contribution in [0.3, 0.4) is 0 Å². The van der Waals surface area contributed by atoms with Crippen LogP contribution in [0, 0.1) is 13.8 Å². The number of nitrogens with one attached hydrogen (secondary N) is 2. The van der Waals surface area contributed by atoms with Crippen LogP contribution in [-0.4, -0.2) is 70.9 Å². The Labute approximate surface area is 206 Å². The zero-order valence-corrected chi connectivity index (χ0v) is 20.5. The molecule has 8 heteroatoms. The highest BCUT2D eigenvalue weighted by atomic mass is 16.2. The third-order valence-corrected chi connectivity index (χ3v) is 6.18. The van der Waals surface area contributed by atoms with Gasteiger partial charge in [0.2, 0.25) is 5.91 Å². The fourth-order valence-corrected chi connectivity index (χ4v) is 4.43. The van der Waals surface area contributed by atoms with E-state index < -0.39 is 6.04 Å². The van der Waals surface area contributed by atoms with Gasteiger partial charge >= 0.3 is 0 Å². The van der Waals surface area contributed by atoms with Crippen molar-refractivity contribution in [2.45, 2.75) is 26.3 Å². The van der Waals surface area contributed by atoms with E-state index in [1.165, 1.54) is 5.56 Å². The number of amides is 2. The molecule has 2 aromatic carbocycles. The lowest BCUT2D eigenvalue weighted by molar-refractivity contribution is -0.127. The number of likely N-dealkylation sites (N-methyl/N-ethyl adjacent to an activating group) is 1. The minimum atomic E-state index is -0.541. The Morgan fingerprint density at radius 3 is 2.54 bits per heavy atom. The highest BCUT2D eigenvalue weighted by Gasteiger charge is 2.35. The van der Waals surface area contributed by atoms with Crippen molar-refractivity contribution >= 4 is 23.3 Å². The molecule has 1 atom stereocenters. The predicted octanol–water partition coefficient (Wildman–Crippen LogP) is 2.95. The van der Waals surface area contributed by atoms with E-state index in [1.54, 1.807) is 24.1 Å². The Hall–Kier alpha value is -3.78. The van der Waals surface area contributed by atoms with Crippen molar-refractivity contribution in [2.75, 3.05) is 38.5 Å². The molecule has 0 bridgehead atoms. The smallest absolute Gasteiger partial charge is 0.254 e. The van der Waals surface area contributed by atoms with Gasteiger partial charge in [0, 0.05) is 56.2 Å². The molecule has 1 saturated heterocycles. The third kappa shape index (κ3) is 6.22. The van der Waals surface area contributed by atoms with Crippen molar-refractivity contribution in [3.8, 4) is 0 Å². The van der Waals surface area contributed by atoms with E-state index in [2.05, 4.69) is 37.6 Å². The fraction of sp³-hybridized carbons (Fsp3) is 0.333. The fourth-order valence-electron chi connectivity index (χ4n) is 4.43. The number of carbonyl (C=O) groups is 2. The molecule has 1 aromatic heterocycles. The lowest BCUT2D eigenvalue weighted by Gasteiger charge is -2.40. The summed E-state index contributed by atoms with van der Waals surface area (Å²) in [5.74, 6) is 1.05. The van der Waals surface area contributed by atoms with Crippen LogP contribution in [0.25, 0.3) is 0 Å². The van der Waals surface area contributed by atoms with Crippen LogP contribution in [0.4, 0.5) is 11.5 Å². The van der Waals surface area contributed by atoms with E-state index in [4.69, 9.17) is 0 Å². The number of aromatic nitrogens is 2. The van der Waals surface area contributed by atoms with Crippen LogP contribution in [0.15, 0.2) is 60.7 Å². The molecule has 182 valence electrons. The summed E-state index contributed by atoms with van der Waals surface area (Å²) < 4.78 is 0. The predicted molar refractivity (Wildman–Crippen MR) is 137 cm³/mol. The van der Waals surface area contributed by atoms with Crippen molar-refractivity contribution in [1.82, 2.24) is 25.1 Å². The van der Waals surface area contributed by atoms with Crippen molar-refractivity contribution < 1.29 is 9.59 Å². The van der Waals surface area contributed by atoms with E-state index in [-0.39, 0.29) is 11.8 Å². The van der Waals surface area contributed by atoms with E-state index in [9.17, 15) is 9.59 Å². The summed E-state index contributed by atoms with van der Waals surface area (Å²) in [7, 11) is 1.62. The summed E-state index contributed by atoms with van der Waals surface area (Å²) in [6.45, 7) is 6.33. The van der Waals surface area contributed by atoms with Gasteiger partial charge in [-0.2, -0.15) is 0 Å². The number of rotatable bonds is 7. The first-order valence-electron chi connectivity index (χ1n) is 11.9. The normalized spacial score (nSPS) is 16.1. The van der Waals surface area contributed by atoms with Gasteiger partial charge in [-0.3, -0.25) is 14.5 Å². The molecule has 1 fully saturated rings. The second-order valence-electron chi connectivity index (χ2n) is 8.81. The summed E-state index contributed by atoms with van der Waals surface area (Å²) in [5.41, 5.74) is 3.42. The molecule has 2 amide bonds. The Morgan fingerprint density at radius 1 is 1.00 bits per heavy atom. The van der Waals surface area contributed by atoms with Gasteiger partial charge in [0.25, 0.3) is 5.91 Å². The average Bonchev–Trinajstić information content (AvgIpc) is 2.86. The Bertz CT molecular complexity index is 1160. The highest BCUT2D eigenvalue weighted by Crippen LogP contribution is 2.20. The standard InChI is InChI=1S/C27H32N6O2/c1-19-16-25(30-20(2)29-19)31-23-11-7-10-22(17-23)27(35)33-15-14-32(18-24(33)26(34)28-3)13-12-21-8-5-4-6-9-21/h4-11,16-17,24H,12-15,18H2,1-3H3,(H,28,34)(H,29,30,31)/t24-/m0/s1. The van der Waals surface area contributed by atoms with E-state index in [1.807, 2.05) is 50.2 Å². The van der Waals surface area contributed by atoms with Crippen LogP contribution < -0.4 is 10.6 Å². The minimum Gasteiger partial charge on any atom is -0.357 e. The first-order chi connectivity index (χ1) is 16.9. The maximum absolute atomic E-state index is 13.5. The van der Waals surface area contributed by atoms with Gasteiger partial charge in [0.05, 0.1) is 0 Å². The van der Waals surface area contributed by atoms with Gasteiger partial charge in [-0.15, -0.1) is 0 Å². The molecule has 0 aliphatic carbocycles. The molecule has 0 radical (unpaired) electrons. The molecule has 2 N–H and O–H groups in total. The second-order valence-corrected chi connectivity index (χ2v) is 8.81. The molecule has 3 aromatic rings. The minimum absolute atomic E-state index is 0.149. The summed E-state index contributed by atoms with van der Waals surface area (Å²) in [6.07, 6.45) is 0.908. The first-order valence-corrected chi connectivity index (χ1v) is 11.9. The van der Waals surface area contributed by atoms with Gasteiger partial charge in [-0.25, -0.2) is 9.97 Å². The Kier molecular flexibility index (Phi) is 7.72. The topological polar surface area (TPSA) is 90.5 Å². The molecule has 8 nitrogen and oxygen atoms in total. The van der Waals surface area contributed by atoms with Crippen LogP contribution in [0.2, 0.25) is 0 Å². The Morgan fingerprint density at radius 2 is 1.80 bits per heavy atom. The van der Waals surface area contributed by atoms with Crippen LogP contribution in [0.5, 0.6) is 0 Å². The highest BCUT2D eigenvalue weighted by molar-refractivity contribution is 5.98. The average molecular weight is 473 g/mol. The lowest BCUT2D eigenvalue weighted by Crippen LogP contribution is -2.60. The number of aryl methyl sites for hydroxylation is 2. The van der Waals surface area contributed by atoms with Crippen LogP contribution in [-0.2, 0) is 11.2 Å². The first kappa shape index (κ1) is 24.3. The number of carbonyl (C=O) groups excluding carboxylic acids is 2. The number of hydrogen-bond acceptors (Lipinski definition) is 6. The largest absolute Gasteiger partial charge is 0.357 e. The van der Waals surface area contributed by atoms with Gasteiger partial charge in [-0.05, 0) is 44.0 Å². The Balaban J connectivity index is 1.46. The zero-order chi connectivity index (χ0) is 24.8. The van der Waals surface area contributed by atoms with Gasteiger partial charge in [0.15, 0.2) is 0 Å². The quantitative estimate of drug-likeness (QED) is 0.550. The zero-order valence-electron chi connectivity index (χ0n) is 20.5. The molecular formula is C27H32N6O2. The van der Waals surface area contributed by atoms with Crippen molar-refractivity contribution in [2.24, 2.45) is 0 Å². The maximum atomic E-state index is 13.5. The number of nitrogens with zero attached hydrogens (tertiary/aromatic N) is 4. The maximum Gasteiger partial charge on any atom is 0.254 e. The number of piperazine rings is 1. The van der Waals surface area contributed by atoms with Crippen LogP contribution in [0.1, 0.15) is 27.4 Å². The van der Waals surface area contributed by atoms with E-state index >= 15 is 0 Å². The van der Waals surface area contributed by atoms with Crippen molar-refractivity contribution in [3.05, 3.63) is 83.3 Å². The summed E-state index contributed by atoms with van der Waals surface area (Å²) in [4.78, 5) is 38.9. The summed E-state index contributed by atoms with van der Waals surface area (Å²) >= 11 is 0. The van der Waals surface area contributed by atoms with Gasteiger partial charge in [0.1, 0.15) is 17.7 Å². The van der Waals surface area contributed by atoms with Gasteiger partial charge in [-0.1, -0.05) is 36.4 Å². The number of hydrogen-bond donors (Lipinski definition) is 2. The molecule has 1 aliphatic rings. The van der Waals surface area contributed by atoms with E-state index in [0.29, 0.717) is 30.3 Å². The second kappa shape index (κ2) is 11.1. The molecule has 0 spiro atoms. The van der Waals surface area contributed by atoms with Crippen molar-refractivity contribution in [3.63, 3.8) is 0 Å². The van der Waals surface area contributed by atoms with Crippen molar-refractivity contribution in [1.29, 1.82) is 0 Å². The van der Waals surface area contributed by atoms with E-state index in [0.717, 1.165) is 30.9 Å². The van der Waals surface area contributed by atoms with Gasteiger partial charge < -0.3 is 15.5 Å². The third-order valence-electron chi connectivity index (χ3n) is 6.18. The molecule has 4 rings (SSSR count). The SMILES string of the molecule is CNC(=O)[C@@H]1CN(CCc2ccccc2)CCN1C(=O)c1cccc(Nc2cc(C)nc(C)n2)c1. The lowest BCUT2D eigenvalue weighted by atomic mass is 10.1.